The molecule has 0 saturated heterocycles. The van der Waals surface area contributed by atoms with Gasteiger partial charge in [-0.2, -0.15) is 0 Å². The summed E-state index contributed by atoms with van der Waals surface area (Å²) in [5.74, 6) is 0.586. The molecule has 0 aliphatic heterocycles. The lowest BCUT2D eigenvalue weighted by Crippen LogP contribution is -2.15. The van der Waals surface area contributed by atoms with E-state index in [-0.39, 0.29) is 5.41 Å². The molecule has 0 N–H and O–H groups in total. The third kappa shape index (κ3) is 6.57. The second kappa shape index (κ2) is 14.8. The first-order valence-corrected chi connectivity index (χ1v) is 21.0. The highest BCUT2D eigenvalue weighted by Gasteiger charge is 2.25. The summed E-state index contributed by atoms with van der Waals surface area (Å²) in [6.07, 6.45) is 6.48. The van der Waals surface area contributed by atoms with E-state index in [1.807, 2.05) is 12.1 Å². The fourth-order valence-corrected chi connectivity index (χ4v) is 9.41. The van der Waals surface area contributed by atoms with Gasteiger partial charge in [0.25, 0.3) is 0 Å². The van der Waals surface area contributed by atoms with Gasteiger partial charge in [0.2, 0.25) is 0 Å². The standard InChI is InChI=1S/C56H49NO/c1-56(2,3)43-31-35-52(50(37-43)40-18-8-5-9-19-40)57(44-32-28-38(29-33-44)42-30-34-48-47-23-11-13-27-53(47)58-54(48)36-42)51-26-12-10-22-46(51)49-25-15-21-41-20-14-24-45(55(41)49)39-16-6-4-7-17-39/h5,8-15,18-37,39H,4,6-7,16-17H2,1-3H3. The summed E-state index contributed by atoms with van der Waals surface area (Å²) >= 11 is 0. The van der Waals surface area contributed by atoms with Crippen LogP contribution in [0.2, 0.25) is 0 Å². The Balaban J connectivity index is 1.17. The first-order valence-electron chi connectivity index (χ1n) is 21.0. The molecule has 1 fully saturated rings. The molecule has 0 amide bonds. The number of nitrogens with zero attached hydrogens (tertiary/aromatic N) is 1. The van der Waals surface area contributed by atoms with Crippen molar-refractivity contribution >= 4 is 49.8 Å². The third-order valence-electron chi connectivity index (χ3n) is 12.4. The molecule has 284 valence electrons. The maximum Gasteiger partial charge on any atom is 0.136 e. The molecule has 0 atom stereocenters. The van der Waals surface area contributed by atoms with Crippen molar-refractivity contribution in [3.63, 3.8) is 0 Å². The number of rotatable bonds is 7. The highest BCUT2D eigenvalue weighted by molar-refractivity contribution is 6.06. The fraction of sp³-hybridized carbons (Fsp3) is 0.179. The van der Waals surface area contributed by atoms with Crippen molar-refractivity contribution in [1.29, 1.82) is 0 Å². The van der Waals surface area contributed by atoms with Gasteiger partial charge in [-0.3, -0.25) is 0 Å². The predicted octanol–water partition coefficient (Wildman–Crippen LogP) is 16.6. The second-order valence-electron chi connectivity index (χ2n) is 17.1. The highest BCUT2D eigenvalue weighted by Crippen LogP contribution is 2.48. The van der Waals surface area contributed by atoms with Gasteiger partial charge in [-0.05, 0) is 117 Å². The van der Waals surface area contributed by atoms with Gasteiger partial charge < -0.3 is 9.32 Å². The van der Waals surface area contributed by atoms with Gasteiger partial charge in [0.15, 0.2) is 0 Å². The summed E-state index contributed by atoms with van der Waals surface area (Å²) in [4.78, 5) is 2.50. The number of para-hydroxylation sites is 2. The van der Waals surface area contributed by atoms with Gasteiger partial charge in [-0.15, -0.1) is 0 Å². The Morgan fingerprint density at radius 1 is 0.483 bits per heavy atom. The van der Waals surface area contributed by atoms with Crippen LogP contribution in [-0.2, 0) is 5.41 Å². The van der Waals surface area contributed by atoms with Crippen molar-refractivity contribution < 1.29 is 4.42 Å². The zero-order valence-electron chi connectivity index (χ0n) is 33.7. The van der Waals surface area contributed by atoms with Gasteiger partial charge >= 0.3 is 0 Å². The topological polar surface area (TPSA) is 16.4 Å². The van der Waals surface area contributed by atoms with Gasteiger partial charge in [0.05, 0.1) is 11.4 Å². The van der Waals surface area contributed by atoms with Crippen LogP contribution in [-0.4, -0.2) is 0 Å². The zero-order valence-corrected chi connectivity index (χ0v) is 33.7. The zero-order chi connectivity index (χ0) is 39.2. The van der Waals surface area contributed by atoms with E-state index in [0.717, 1.165) is 50.1 Å². The average molecular weight is 752 g/mol. The monoisotopic (exact) mass is 751 g/mol. The average Bonchev–Trinajstić information content (AvgIpc) is 3.65. The first-order chi connectivity index (χ1) is 28.4. The fourth-order valence-electron chi connectivity index (χ4n) is 9.41. The molecule has 2 nitrogen and oxygen atoms in total. The molecule has 0 spiro atoms. The predicted molar refractivity (Wildman–Crippen MR) is 247 cm³/mol. The summed E-state index contributed by atoms with van der Waals surface area (Å²) in [5.41, 5.74) is 15.3. The minimum atomic E-state index is -0.00807. The first kappa shape index (κ1) is 36.0. The molecule has 58 heavy (non-hydrogen) atoms. The van der Waals surface area contributed by atoms with Gasteiger partial charge in [0.1, 0.15) is 11.2 Å². The SMILES string of the molecule is CC(C)(C)c1ccc(N(c2ccc(-c3ccc4c(c3)oc3ccccc34)cc2)c2ccccc2-c2cccc3cccc(C4CCCCC4)c23)c(-c2ccccc2)c1. The number of furan rings is 1. The summed E-state index contributed by atoms with van der Waals surface area (Å²) in [5, 5.41) is 5.00. The van der Waals surface area contributed by atoms with Crippen LogP contribution in [0.25, 0.3) is 66.1 Å². The number of fused-ring (bicyclic) bond motifs is 4. The second-order valence-corrected chi connectivity index (χ2v) is 17.1. The number of benzene rings is 8. The normalized spacial score (nSPS) is 13.7. The molecular formula is C56H49NO. The van der Waals surface area contributed by atoms with E-state index in [1.54, 1.807) is 0 Å². The Bertz CT molecular complexity index is 2900. The van der Waals surface area contributed by atoms with E-state index in [9.17, 15) is 0 Å². The van der Waals surface area contributed by atoms with Crippen molar-refractivity contribution in [2.45, 2.75) is 64.2 Å². The van der Waals surface area contributed by atoms with E-state index in [0.29, 0.717) is 5.92 Å². The van der Waals surface area contributed by atoms with Crippen molar-refractivity contribution in [1.82, 2.24) is 0 Å². The van der Waals surface area contributed by atoms with Crippen LogP contribution in [0.5, 0.6) is 0 Å². The molecule has 1 aromatic heterocycles. The van der Waals surface area contributed by atoms with Crippen LogP contribution in [0.3, 0.4) is 0 Å². The number of hydrogen-bond donors (Lipinski definition) is 0. The minimum Gasteiger partial charge on any atom is -0.456 e. The van der Waals surface area contributed by atoms with E-state index < -0.39 is 0 Å². The lowest BCUT2D eigenvalue weighted by atomic mass is 9.80. The molecule has 9 aromatic rings. The van der Waals surface area contributed by atoms with E-state index >= 15 is 0 Å². The summed E-state index contributed by atoms with van der Waals surface area (Å²) in [6.45, 7) is 6.90. The van der Waals surface area contributed by atoms with E-state index in [1.165, 1.54) is 76.3 Å². The Morgan fingerprint density at radius 3 is 1.97 bits per heavy atom. The Hall–Kier alpha value is -6.38. The van der Waals surface area contributed by atoms with Crippen molar-refractivity contribution in [2.24, 2.45) is 0 Å². The smallest absolute Gasteiger partial charge is 0.136 e. The van der Waals surface area contributed by atoms with Crippen LogP contribution in [0, 0.1) is 0 Å². The van der Waals surface area contributed by atoms with Gasteiger partial charge in [-0.1, -0.05) is 167 Å². The molecule has 1 aliphatic rings. The molecule has 0 unspecified atom stereocenters. The molecule has 8 aromatic carbocycles. The lowest BCUT2D eigenvalue weighted by Gasteiger charge is -2.32. The number of hydrogen-bond acceptors (Lipinski definition) is 2. The third-order valence-corrected chi connectivity index (χ3v) is 12.4. The van der Waals surface area contributed by atoms with Crippen LogP contribution in [0.15, 0.2) is 180 Å². The molecule has 1 saturated carbocycles. The summed E-state index contributed by atoms with van der Waals surface area (Å²) < 4.78 is 6.31. The molecule has 1 heterocycles. The summed E-state index contributed by atoms with van der Waals surface area (Å²) in [6, 6.07) is 64.9. The van der Waals surface area contributed by atoms with Crippen molar-refractivity contribution in [3.8, 4) is 33.4 Å². The van der Waals surface area contributed by atoms with E-state index in [2.05, 4.69) is 189 Å². The van der Waals surface area contributed by atoms with Gasteiger partial charge in [-0.25, -0.2) is 0 Å². The Labute approximate surface area is 342 Å². The summed E-state index contributed by atoms with van der Waals surface area (Å²) in [7, 11) is 0. The van der Waals surface area contributed by atoms with Crippen LogP contribution < -0.4 is 4.90 Å². The van der Waals surface area contributed by atoms with Crippen molar-refractivity contribution in [3.05, 3.63) is 187 Å². The molecule has 1 aliphatic carbocycles. The van der Waals surface area contributed by atoms with E-state index in [4.69, 9.17) is 4.42 Å². The lowest BCUT2D eigenvalue weighted by molar-refractivity contribution is 0.445. The Kier molecular flexibility index (Phi) is 9.21. The Morgan fingerprint density at radius 2 is 1.16 bits per heavy atom. The van der Waals surface area contributed by atoms with Crippen molar-refractivity contribution in [2.75, 3.05) is 4.90 Å². The van der Waals surface area contributed by atoms with Crippen LogP contribution in [0.1, 0.15) is 69.9 Å². The largest absolute Gasteiger partial charge is 0.456 e. The minimum absolute atomic E-state index is 0.00807. The molecule has 0 radical (unpaired) electrons. The van der Waals surface area contributed by atoms with Crippen LogP contribution >= 0.6 is 0 Å². The molecule has 10 rings (SSSR count). The molecular weight excluding hydrogens is 703 g/mol. The molecule has 2 heteroatoms. The number of anilines is 3. The van der Waals surface area contributed by atoms with Gasteiger partial charge in [0, 0.05) is 27.6 Å². The maximum atomic E-state index is 6.31. The maximum absolute atomic E-state index is 6.31. The quantitative estimate of drug-likeness (QED) is 0.161. The molecule has 0 bridgehead atoms. The van der Waals surface area contributed by atoms with Crippen LogP contribution in [0.4, 0.5) is 17.1 Å². The highest BCUT2D eigenvalue weighted by atomic mass is 16.3.